The molecular weight excluding hydrogens is 330 g/mol. The first-order chi connectivity index (χ1) is 9.17. The third kappa shape index (κ3) is 3.05. The number of hydrogen-bond acceptors (Lipinski definition) is 4. The van der Waals surface area contributed by atoms with Crippen LogP contribution in [0.5, 0.6) is 5.88 Å². The van der Waals surface area contributed by atoms with Gasteiger partial charge in [0.05, 0.1) is 13.2 Å². The van der Waals surface area contributed by atoms with E-state index in [4.69, 9.17) is 16.3 Å². The van der Waals surface area contributed by atoms with Crippen molar-refractivity contribution in [2.24, 2.45) is 0 Å². The molecule has 1 heterocycles. The van der Waals surface area contributed by atoms with Gasteiger partial charge in [-0.1, -0.05) is 33.6 Å². The van der Waals surface area contributed by atoms with Gasteiger partial charge in [0.2, 0.25) is 5.88 Å². The van der Waals surface area contributed by atoms with E-state index >= 15 is 0 Å². The second kappa shape index (κ2) is 6.32. The van der Waals surface area contributed by atoms with E-state index in [0.717, 1.165) is 10.0 Å². The minimum Gasteiger partial charge on any atom is -0.480 e. The number of ether oxygens (including phenoxy) is 1. The van der Waals surface area contributed by atoms with Crippen LogP contribution in [0.2, 0.25) is 5.02 Å². The molecule has 1 N–H and O–H groups in total. The van der Waals surface area contributed by atoms with Crippen molar-refractivity contribution in [2.75, 3.05) is 14.2 Å². The molecule has 1 aromatic carbocycles. The summed E-state index contributed by atoms with van der Waals surface area (Å²) in [6, 6.07) is 5.56. The number of halogens is 2. The highest BCUT2D eigenvalue weighted by atomic mass is 79.9. The van der Waals surface area contributed by atoms with E-state index in [2.05, 4.69) is 31.2 Å². The number of nitrogens with one attached hydrogen (secondary N) is 1. The van der Waals surface area contributed by atoms with Crippen molar-refractivity contribution in [1.82, 2.24) is 15.3 Å². The summed E-state index contributed by atoms with van der Waals surface area (Å²) in [5.41, 5.74) is 1.63. The summed E-state index contributed by atoms with van der Waals surface area (Å²) in [4.78, 5) is 8.50. The Balaban J connectivity index is 2.50. The molecule has 4 nitrogen and oxygen atoms in total. The molecule has 0 saturated carbocycles. The number of rotatable bonds is 4. The van der Waals surface area contributed by atoms with E-state index in [1.165, 1.54) is 0 Å². The van der Waals surface area contributed by atoms with Gasteiger partial charge in [0.1, 0.15) is 5.69 Å². The summed E-state index contributed by atoms with van der Waals surface area (Å²) >= 11 is 9.68. The molecule has 19 heavy (non-hydrogen) atoms. The molecule has 0 radical (unpaired) electrons. The predicted molar refractivity (Wildman–Crippen MR) is 78.6 cm³/mol. The van der Waals surface area contributed by atoms with Crippen LogP contribution in [0.1, 0.15) is 17.3 Å². The van der Waals surface area contributed by atoms with Gasteiger partial charge in [0.25, 0.3) is 0 Å². The Kier molecular flexibility index (Phi) is 4.74. The molecule has 100 valence electrons. The lowest BCUT2D eigenvalue weighted by atomic mass is 10.0. The molecule has 0 fully saturated rings. The fourth-order valence-corrected chi connectivity index (χ4v) is 2.65. The van der Waals surface area contributed by atoms with Crippen molar-refractivity contribution in [3.8, 4) is 5.88 Å². The van der Waals surface area contributed by atoms with Crippen molar-refractivity contribution >= 4 is 27.5 Å². The number of nitrogens with zero attached hydrogens (tertiary/aromatic N) is 2. The summed E-state index contributed by atoms with van der Waals surface area (Å²) in [5.74, 6) is 0.487. The van der Waals surface area contributed by atoms with Crippen molar-refractivity contribution in [1.29, 1.82) is 0 Å². The third-order valence-electron chi connectivity index (χ3n) is 2.72. The summed E-state index contributed by atoms with van der Waals surface area (Å²) < 4.78 is 6.18. The smallest absolute Gasteiger partial charge is 0.237 e. The fraction of sp³-hybridized carbons (Fsp3) is 0.231. The molecule has 1 unspecified atom stereocenters. The lowest BCUT2D eigenvalue weighted by Gasteiger charge is -2.19. The van der Waals surface area contributed by atoms with E-state index < -0.39 is 0 Å². The topological polar surface area (TPSA) is 47.0 Å². The molecule has 1 aromatic heterocycles. The van der Waals surface area contributed by atoms with E-state index in [1.807, 2.05) is 25.2 Å². The fourth-order valence-electron chi connectivity index (χ4n) is 1.87. The first kappa shape index (κ1) is 14.2. The van der Waals surface area contributed by atoms with Gasteiger partial charge in [-0.25, -0.2) is 4.98 Å². The van der Waals surface area contributed by atoms with Gasteiger partial charge in [-0.2, -0.15) is 0 Å². The predicted octanol–water partition coefficient (Wildman–Crippen LogP) is 3.21. The van der Waals surface area contributed by atoms with Crippen LogP contribution in [0.25, 0.3) is 0 Å². The van der Waals surface area contributed by atoms with E-state index in [0.29, 0.717) is 16.6 Å². The van der Waals surface area contributed by atoms with Crippen molar-refractivity contribution in [3.05, 3.63) is 51.3 Å². The van der Waals surface area contributed by atoms with Gasteiger partial charge in [-0.05, 0) is 24.7 Å². The number of aromatic nitrogens is 2. The highest BCUT2D eigenvalue weighted by molar-refractivity contribution is 9.10. The summed E-state index contributed by atoms with van der Waals surface area (Å²) in [7, 11) is 3.42. The molecule has 0 spiro atoms. The summed E-state index contributed by atoms with van der Waals surface area (Å²) in [6.45, 7) is 0. The number of methoxy groups -OCH3 is 1. The Hall–Kier alpha value is -1.17. The zero-order valence-electron chi connectivity index (χ0n) is 10.5. The highest BCUT2D eigenvalue weighted by Crippen LogP contribution is 2.32. The van der Waals surface area contributed by atoms with Gasteiger partial charge in [-0.15, -0.1) is 0 Å². The Bertz CT molecular complexity index is 580. The quantitative estimate of drug-likeness (QED) is 0.927. The molecule has 0 bridgehead atoms. The molecule has 0 saturated heterocycles. The molecule has 0 aliphatic rings. The van der Waals surface area contributed by atoms with Crippen LogP contribution in [-0.4, -0.2) is 24.1 Å². The number of hydrogen-bond donors (Lipinski definition) is 1. The van der Waals surface area contributed by atoms with E-state index in [1.54, 1.807) is 19.5 Å². The minimum atomic E-state index is -0.177. The van der Waals surface area contributed by atoms with Crippen molar-refractivity contribution in [2.45, 2.75) is 6.04 Å². The van der Waals surface area contributed by atoms with Crippen LogP contribution < -0.4 is 10.1 Å². The molecule has 0 aliphatic carbocycles. The normalized spacial score (nSPS) is 12.2. The maximum atomic E-state index is 6.29. The first-order valence-corrected chi connectivity index (χ1v) is 6.81. The van der Waals surface area contributed by atoms with E-state index in [9.17, 15) is 0 Å². The molecule has 1 atom stereocenters. The largest absolute Gasteiger partial charge is 0.480 e. The van der Waals surface area contributed by atoms with Gasteiger partial charge in [-0.3, -0.25) is 4.98 Å². The molecule has 2 rings (SSSR count). The molecule has 0 amide bonds. The Labute approximate surface area is 125 Å². The Morgan fingerprint density at radius 2 is 2.05 bits per heavy atom. The maximum absolute atomic E-state index is 6.29. The van der Waals surface area contributed by atoms with Crippen LogP contribution in [0.15, 0.2) is 35.1 Å². The SMILES string of the molecule is CNC(c1ccc(Br)cc1Cl)c1nccnc1OC. The van der Waals surface area contributed by atoms with Crippen molar-refractivity contribution in [3.63, 3.8) is 0 Å². The molecule has 2 aromatic rings. The number of benzene rings is 1. The zero-order valence-corrected chi connectivity index (χ0v) is 12.9. The van der Waals surface area contributed by atoms with Crippen LogP contribution >= 0.6 is 27.5 Å². The van der Waals surface area contributed by atoms with Gasteiger partial charge < -0.3 is 10.1 Å². The summed E-state index contributed by atoms with van der Waals surface area (Å²) in [6.07, 6.45) is 3.23. The average Bonchev–Trinajstić information content (AvgIpc) is 2.42. The average molecular weight is 343 g/mol. The van der Waals surface area contributed by atoms with Crippen molar-refractivity contribution < 1.29 is 4.74 Å². The monoisotopic (exact) mass is 341 g/mol. The van der Waals surface area contributed by atoms with E-state index in [-0.39, 0.29) is 6.04 Å². The first-order valence-electron chi connectivity index (χ1n) is 5.64. The summed E-state index contributed by atoms with van der Waals surface area (Å²) in [5, 5.41) is 3.84. The Morgan fingerprint density at radius 1 is 1.32 bits per heavy atom. The molecule has 6 heteroatoms. The molecular formula is C13H13BrClN3O. The maximum Gasteiger partial charge on any atom is 0.237 e. The molecule has 0 aliphatic heterocycles. The second-order valence-electron chi connectivity index (χ2n) is 3.84. The third-order valence-corrected chi connectivity index (χ3v) is 3.54. The Morgan fingerprint density at radius 3 is 2.68 bits per heavy atom. The highest BCUT2D eigenvalue weighted by Gasteiger charge is 2.21. The van der Waals surface area contributed by atoms with Crippen LogP contribution in [0, 0.1) is 0 Å². The zero-order chi connectivity index (χ0) is 13.8. The standard InChI is InChI=1S/C13H13BrClN3O/c1-16-11(9-4-3-8(14)7-10(9)15)12-13(19-2)18-6-5-17-12/h3-7,11,16H,1-2H3. The second-order valence-corrected chi connectivity index (χ2v) is 5.16. The lowest BCUT2D eigenvalue weighted by Crippen LogP contribution is -2.20. The van der Waals surface area contributed by atoms with Crippen LogP contribution in [0.4, 0.5) is 0 Å². The minimum absolute atomic E-state index is 0.177. The van der Waals surface area contributed by atoms with Gasteiger partial charge >= 0.3 is 0 Å². The van der Waals surface area contributed by atoms with Crippen LogP contribution in [-0.2, 0) is 0 Å². The lowest BCUT2D eigenvalue weighted by molar-refractivity contribution is 0.384. The van der Waals surface area contributed by atoms with Crippen LogP contribution in [0.3, 0.4) is 0 Å². The van der Waals surface area contributed by atoms with Gasteiger partial charge in [0, 0.05) is 21.9 Å². The van der Waals surface area contributed by atoms with Gasteiger partial charge in [0.15, 0.2) is 0 Å².